The lowest BCUT2D eigenvalue weighted by Crippen LogP contribution is -2.23. The van der Waals surface area contributed by atoms with Crippen molar-refractivity contribution in [3.8, 4) is 23.0 Å². The lowest BCUT2D eigenvalue weighted by Gasteiger charge is -2.19. The molecule has 2 aromatic rings. The molecule has 154 valence electrons. The molecule has 3 rings (SSSR count). The van der Waals surface area contributed by atoms with Gasteiger partial charge in [0.25, 0.3) is 0 Å². The summed E-state index contributed by atoms with van der Waals surface area (Å²) < 4.78 is 26.2. The van der Waals surface area contributed by atoms with Crippen LogP contribution in [0.25, 0.3) is 0 Å². The molecule has 0 saturated carbocycles. The molecule has 0 aliphatic carbocycles. The number of rotatable bonds is 7. The van der Waals surface area contributed by atoms with Gasteiger partial charge in [-0.25, -0.2) is 4.79 Å². The molecule has 0 unspecified atom stereocenters. The van der Waals surface area contributed by atoms with Gasteiger partial charge in [0.2, 0.25) is 5.91 Å². The van der Waals surface area contributed by atoms with Gasteiger partial charge in [-0.15, -0.1) is 0 Å². The van der Waals surface area contributed by atoms with Crippen molar-refractivity contribution in [3.63, 3.8) is 0 Å². The van der Waals surface area contributed by atoms with Crippen LogP contribution in [0.4, 0.5) is 11.4 Å². The molecule has 0 atom stereocenters. The zero-order chi connectivity index (χ0) is 20.8. The maximum Gasteiger partial charge on any atom is 0.340 e. The molecule has 29 heavy (non-hydrogen) atoms. The highest BCUT2D eigenvalue weighted by atomic mass is 16.6. The number of nitrogens with one attached hydrogen (secondary N) is 2. The molecule has 1 aliphatic heterocycles. The topological polar surface area (TPSA) is 104 Å². The summed E-state index contributed by atoms with van der Waals surface area (Å²) in [5.74, 6) is 1.12. The molecule has 1 amide bonds. The first kappa shape index (κ1) is 20.1. The van der Waals surface area contributed by atoms with Gasteiger partial charge in [-0.05, 0) is 12.1 Å². The number of hydrogen-bond acceptors (Lipinski definition) is 8. The zero-order valence-corrected chi connectivity index (χ0v) is 16.4. The predicted molar refractivity (Wildman–Crippen MR) is 105 cm³/mol. The Morgan fingerprint density at radius 3 is 2.34 bits per heavy atom. The average Bonchev–Trinajstić information content (AvgIpc) is 2.76. The summed E-state index contributed by atoms with van der Waals surface area (Å²) in [5.41, 5.74) is 1.17. The zero-order valence-electron chi connectivity index (χ0n) is 16.4. The third kappa shape index (κ3) is 4.63. The molecule has 1 aliphatic rings. The largest absolute Gasteiger partial charge is 0.493 e. The molecule has 0 radical (unpaired) electrons. The molecular weight excluding hydrogens is 380 g/mol. The van der Waals surface area contributed by atoms with E-state index < -0.39 is 5.97 Å². The number of esters is 1. The van der Waals surface area contributed by atoms with E-state index in [1.165, 1.54) is 27.4 Å². The van der Waals surface area contributed by atoms with Gasteiger partial charge >= 0.3 is 5.97 Å². The average molecular weight is 402 g/mol. The Kier molecular flexibility index (Phi) is 6.28. The summed E-state index contributed by atoms with van der Waals surface area (Å²) in [6.45, 7) is 0.867. The van der Waals surface area contributed by atoms with Crippen molar-refractivity contribution < 1.29 is 33.3 Å². The van der Waals surface area contributed by atoms with E-state index in [0.717, 1.165) is 0 Å². The van der Waals surface area contributed by atoms with Crippen molar-refractivity contribution in [3.05, 3.63) is 35.9 Å². The third-order valence-electron chi connectivity index (χ3n) is 4.19. The van der Waals surface area contributed by atoms with Crippen molar-refractivity contribution in [2.75, 3.05) is 51.7 Å². The fourth-order valence-electron chi connectivity index (χ4n) is 2.81. The fourth-order valence-corrected chi connectivity index (χ4v) is 2.81. The van der Waals surface area contributed by atoms with Crippen molar-refractivity contribution in [2.24, 2.45) is 0 Å². The quantitative estimate of drug-likeness (QED) is 0.680. The Balaban J connectivity index is 1.71. The number of anilines is 2. The monoisotopic (exact) mass is 402 g/mol. The van der Waals surface area contributed by atoms with Gasteiger partial charge in [-0.3, -0.25) is 4.79 Å². The number of ether oxygens (including phenoxy) is 5. The number of carbonyl (C=O) groups is 2. The Morgan fingerprint density at radius 2 is 1.66 bits per heavy atom. The van der Waals surface area contributed by atoms with Crippen LogP contribution in [0.2, 0.25) is 0 Å². The van der Waals surface area contributed by atoms with Gasteiger partial charge in [0.15, 0.2) is 23.0 Å². The van der Waals surface area contributed by atoms with Crippen LogP contribution in [0.3, 0.4) is 0 Å². The number of benzene rings is 2. The van der Waals surface area contributed by atoms with Crippen molar-refractivity contribution >= 4 is 23.3 Å². The molecule has 0 spiro atoms. The van der Waals surface area contributed by atoms with Gasteiger partial charge in [0.05, 0.1) is 39.1 Å². The molecular formula is C20H22N2O7. The first-order valence-corrected chi connectivity index (χ1v) is 8.83. The van der Waals surface area contributed by atoms with E-state index in [0.29, 0.717) is 47.6 Å². The van der Waals surface area contributed by atoms with Gasteiger partial charge in [0.1, 0.15) is 13.2 Å². The van der Waals surface area contributed by atoms with Gasteiger partial charge in [-0.1, -0.05) is 0 Å². The number of amides is 1. The summed E-state index contributed by atoms with van der Waals surface area (Å²) in [4.78, 5) is 24.5. The number of methoxy groups -OCH3 is 3. The molecule has 0 fully saturated rings. The van der Waals surface area contributed by atoms with Gasteiger partial charge in [-0.2, -0.15) is 0 Å². The van der Waals surface area contributed by atoms with Crippen molar-refractivity contribution in [2.45, 2.75) is 0 Å². The van der Waals surface area contributed by atoms with Crippen molar-refractivity contribution in [1.29, 1.82) is 0 Å². The SMILES string of the molecule is COC(=O)c1cc(OC)c(OC)cc1NCC(=O)Nc1ccc2c(c1)OCCO2. The molecule has 0 aromatic heterocycles. The van der Waals surface area contributed by atoms with Crippen LogP contribution in [0.15, 0.2) is 30.3 Å². The highest BCUT2D eigenvalue weighted by Gasteiger charge is 2.18. The first-order valence-electron chi connectivity index (χ1n) is 8.83. The van der Waals surface area contributed by atoms with Crippen LogP contribution in [0.1, 0.15) is 10.4 Å². The Labute approximate surface area is 167 Å². The Hall–Kier alpha value is -3.62. The Bertz CT molecular complexity index is 914. The number of fused-ring (bicyclic) bond motifs is 1. The van der Waals surface area contributed by atoms with E-state index >= 15 is 0 Å². The molecule has 0 saturated heterocycles. The van der Waals surface area contributed by atoms with Crippen LogP contribution in [0.5, 0.6) is 23.0 Å². The smallest absolute Gasteiger partial charge is 0.340 e. The van der Waals surface area contributed by atoms with Crippen LogP contribution < -0.4 is 29.6 Å². The lowest BCUT2D eigenvalue weighted by atomic mass is 10.1. The minimum absolute atomic E-state index is 0.0894. The van der Waals surface area contributed by atoms with Crippen LogP contribution in [0, 0.1) is 0 Å². The standard InChI is InChI=1S/C20H22N2O7/c1-25-16-9-13(20(24)27-3)14(10-17(16)26-2)21-11-19(23)22-12-4-5-15-18(8-12)29-7-6-28-15/h4-5,8-10,21H,6-7,11H2,1-3H3,(H,22,23). The van der Waals surface area contributed by atoms with E-state index in [2.05, 4.69) is 10.6 Å². The minimum atomic E-state index is -0.569. The van der Waals surface area contributed by atoms with Gasteiger partial charge in [0, 0.05) is 23.9 Å². The lowest BCUT2D eigenvalue weighted by molar-refractivity contribution is -0.114. The Morgan fingerprint density at radius 1 is 0.966 bits per heavy atom. The maximum absolute atomic E-state index is 12.4. The number of carbonyl (C=O) groups excluding carboxylic acids is 2. The van der Waals surface area contributed by atoms with Crippen LogP contribution in [-0.4, -0.2) is 53.0 Å². The summed E-state index contributed by atoms with van der Waals surface area (Å²) in [7, 11) is 4.22. The maximum atomic E-state index is 12.4. The van der Waals surface area contributed by atoms with Crippen LogP contribution in [-0.2, 0) is 9.53 Å². The molecule has 9 nitrogen and oxygen atoms in total. The van der Waals surface area contributed by atoms with Crippen molar-refractivity contribution in [1.82, 2.24) is 0 Å². The van der Waals surface area contributed by atoms with E-state index in [1.807, 2.05) is 0 Å². The second kappa shape index (κ2) is 9.05. The molecule has 2 aromatic carbocycles. The molecule has 2 N–H and O–H groups in total. The number of hydrogen-bond donors (Lipinski definition) is 2. The molecule has 0 bridgehead atoms. The summed E-state index contributed by atoms with van der Waals surface area (Å²) in [6.07, 6.45) is 0. The minimum Gasteiger partial charge on any atom is -0.493 e. The fraction of sp³-hybridized carbons (Fsp3) is 0.300. The van der Waals surface area contributed by atoms with E-state index in [-0.39, 0.29) is 18.0 Å². The van der Waals surface area contributed by atoms with E-state index in [9.17, 15) is 9.59 Å². The highest BCUT2D eigenvalue weighted by molar-refractivity contribution is 5.99. The van der Waals surface area contributed by atoms with Gasteiger partial charge < -0.3 is 34.3 Å². The second-order valence-electron chi connectivity index (χ2n) is 6.00. The summed E-state index contributed by atoms with van der Waals surface area (Å²) >= 11 is 0. The molecule has 9 heteroatoms. The predicted octanol–water partition coefficient (Wildman–Crippen LogP) is 2.31. The van der Waals surface area contributed by atoms with E-state index in [4.69, 9.17) is 23.7 Å². The van der Waals surface area contributed by atoms with E-state index in [1.54, 1.807) is 24.3 Å². The first-order chi connectivity index (χ1) is 14.0. The normalized spacial score (nSPS) is 12.0. The summed E-state index contributed by atoms with van der Waals surface area (Å²) in [6, 6.07) is 8.22. The summed E-state index contributed by atoms with van der Waals surface area (Å²) in [5, 5.41) is 5.70. The molecule has 1 heterocycles. The third-order valence-corrected chi connectivity index (χ3v) is 4.19. The van der Waals surface area contributed by atoms with Crippen LogP contribution >= 0.6 is 0 Å². The second-order valence-corrected chi connectivity index (χ2v) is 6.00. The highest BCUT2D eigenvalue weighted by Crippen LogP contribution is 2.34.